The summed E-state index contributed by atoms with van der Waals surface area (Å²) in [6.07, 6.45) is 1.45. The molecule has 3 rings (SSSR count). The highest BCUT2D eigenvalue weighted by Crippen LogP contribution is 2.28. The molecule has 0 aliphatic rings. The van der Waals surface area contributed by atoms with Gasteiger partial charge in [0.1, 0.15) is 6.54 Å². The summed E-state index contributed by atoms with van der Waals surface area (Å²) in [7, 11) is -3.99. The molecule has 0 aliphatic carbocycles. The quantitative estimate of drug-likeness (QED) is 0.273. The van der Waals surface area contributed by atoms with E-state index in [9.17, 15) is 13.2 Å². The van der Waals surface area contributed by atoms with Crippen LogP contribution in [0, 0.1) is 0 Å². The van der Waals surface area contributed by atoms with E-state index in [1.54, 1.807) is 60.7 Å². The van der Waals surface area contributed by atoms with Crippen LogP contribution in [0.3, 0.4) is 0 Å². The molecule has 0 spiro atoms. The number of anilines is 1. The number of hydrogen-bond donors (Lipinski definition) is 1. The molecule has 184 valence electrons. The first kappa shape index (κ1) is 26.2. The second kappa shape index (κ2) is 12.4. The van der Waals surface area contributed by atoms with E-state index in [0.717, 1.165) is 8.78 Å². The van der Waals surface area contributed by atoms with Gasteiger partial charge in [-0.3, -0.25) is 9.10 Å². The van der Waals surface area contributed by atoms with Gasteiger partial charge < -0.3 is 9.47 Å². The molecular weight excluding hydrogens is 534 g/mol. The monoisotopic (exact) mass is 559 g/mol. The van der Waals surface area contributed by atoms with Crippen molar-refractivity contribution in [1.82, 2.24) is 5.43 Å². The minimum atomic E-state index is -3.99. The molecule has 1 N–H and O–H groups in total. The van der Waals surface area contributed by atoms with Gasteiger partial charge in [0.25, 0.3) is 15.9 Å². The zero-order valence-electron chi connectivity index (χ0n) is 19.3. The summed E-state index contributed by atoms with van der Waals surface area (Å²) in [5.74, 6) is 0.589. The van der Waals surface area contributed by atoms with Gasteiger partial charge in [-0.15, -0.1) is 0 Å². The molecule has 0 saturated carbocycles. The third-order valence-corrected chi connectivity index (χ3v) is 7.02. The first-order valence-corrected chi connectivity index (χ1v) is 13.1. The average molecular weight is 560 g/mol. The zero-order chi connectivity index (χ0) is 25.3. The minimum Gasteiger partial charge on any atom is -0.490 e. The van der Waals surface area contributed by atoms with Crippen LogP contribution >= 0.6 is 15.9 Å². The lowest BCUT2D eigenvalue weighted by Crippen LogP contribution is -2.39. The van der Waals surface area contributed by atoms with Gasteiger partial charge in [0.2, 0.25) is 0 Å². The highest BCUT2D eigenvalue weighted by Gasteiger charge is 2.27. The smallest absolute Gasteiger partial charge is 0.264 e. The Hall–Kier alpha value is -3.37. The first-order chi connectivity index (χ1) is 16.8. The van der Waals surface area contributed by atoms with Gasteiger partial charge >= 0.3 is 0 Å². The van der Waals surface area contributed by atoms with Crippen molar-refractivity contribution in [1.29, 1.82) is 0 Å². The standard InChI is InChI=1S/C25H26BrN3O5S/c1-3-33-23-15-10-19(16-24(23)34-4-2)17-27-28-25(30)18-29(21-13-11-20(26)12-14-21)35(31,32)22-8-6-5-7-9-22/h5-17H,3-4,18H2,1-2H3,(H,28,30)/b27-17-. The van der Waals surface area contributed by atoms with E-state index in [0.29, 0.717) is 36.0 Å². The number of carbonyl (C=O) groups is 1. The van der Waals surface area contributed by atoms with Crippen LogP contribution in [-0.2, 0) is 14.8 Å². The van der Waals surface area contributed by atoms with Crippen molar-refractivity contribution in [3.05, 3.63) is 82.8 Å². The summed E-state index contributed by atoms with van der Waals surface area (Å²) < 4.78 is 39.6. The maximum Gasteiger partial charge on any atom is 0.264 e. The van der Waals surface area contributed by atoms with Crippen molar-refractivity contribution in [3.8, 4) is 11.5 Å². The minimum absolute atomic E-state index is 0.0806. The van der Waals surface area contributed by atoms with Crippen LogP contribution in [-0.4, -0.2) is 40.3 Å². The SMILES string of the molecule is CCOc1ccc(/C=N\NC(=O)CN(c2ccc(Br)cc2)S(=O)(=O)c2ccccc2)cc1OCC. The summed E-state index contributed by atoms with van der Waals surface area (Å²) in [5, 5.41) is 3.98. The van der Waals surface area contributed by atoms with Gasteiger partial charge in [-0.05, 0) is 74.0 Å². The topological polar surface area (TPSA) is 97.3 Å². The number of sulfonamides is 1. The Morgan fingerprint density at radius 1 is 0.971 bits per heavy atom. The normalized spacial score (nSPS) is 11.3. The molecule has 0 aromatic heterocycles. The van der Waals surface area contributed by atoms with Gasteiger partial charge in [-0.25, -0.2) is 13.8 Å². The Morgan fingerprint density at radius 2 is 1.63 bits per heavy atom. The number of benzene rings is 3. The third kappa shape index (κ3) is 7.06. The van der Waals surface area contributed by atoms with E-state index in [1.807, 2.05) is 13.8 Å². The Bertz CT molecular complexity index is 1270. The number of nitrogens with zero attached hydrogens (tertiary/aromatic N) is 2. The molecule has 0 heterocycles. The summed E-state index contributed by atoms with van der Waals surface area (Å²) in [5.41, 5.74) is 3.43. The van der Waals surface area contributed by atoms with Gasteiger partial charge in [-0.1, -0.05) is 34.1 Å². The molecule has 1 amide bonds. The van der Waals surface area contributed by atoms with Crippen LogP contribution in [0.2, 0.25) is 0 Å². The van der Waals surface area contributed by atoms with Crippen LogP contribution in [0.5, 0.6) is 11.5 Å². The fraction of sp³-hybridized carbons (Fsp3) is 0.200. The molecule has 0 aliphatic heterocycles. The molecule has 8 nitrogen and oxygen atoms in total. The average Bonchev–Trinajstić information content (AvgIpc) is 2.85. The van der Waals surface area contributed by atoms with Crippen molar-refractivity contribution in [2.24, 2.45) is 5.10 Å². The summed E-state index contributed by atoms with van der Waals surface area (Å²) in [6.45, 7) is 4.28. The second-order valence-electron chi connectivity index (χ2n) is 7.17. The zero-order valence-corrected chi connectivity index (χ0v) is 21.8. The van der Waals surface area contributed by atoms with Crippen LogP contribution in [0.1, 0.15) is 19.4 Å². The van der Waals surface area contributed by atoms with E-state index in [2.05, 4.69) is 26.5 Å². The molecule has 0 radical (unpaired) electrons. The lowest BCUT2D eigenvalue weighted by Gasteiger charge is -2.23. The van der Waals surface area contributed by atoms with E-state index < -0.39 is 22.5 Å². The second-order valence-corrected chi connectivity index (χ2v) is 9.94. The molecular formula is C25H26BrN3O5S. The third-order valence-electron chi connectivity index (χ3n) is 4.70. The molecule has 0 bridgehead atoms. The Balaban J connectivity index is 1.78. The lowest BCUT2D eigenvalue weighted by molar-refractivity contribution is -0.119. The summed E-state index contributed by atoms with van der Waals surface area (Å²) >= 11 is 3.34. The van der Waals surface area contributed by atoms with Gasteiger partial charge in [-0.2, -0.15) is 5.10 Å². The highest BCUT2D eigenvalue weighted by molar-refractivity contribution is 9.10. The van der Waals surface area contributed by atoms with Gasteiger partial charge in [0.15, 0.2) is 11.5 Å². The Kier molecular flexibility index (Phi) is 9.27. The fourth-order valence-electron chi connectivity index (χ4n) is 3.13. The van der Waals surface area contributed by atoms with E-state index in [1.165, 1.54) is 18.3 Å². The largest absolute Gasteiger partial charge is 0.490 e. The first-order valence-electron chi connectivity index (χ1n) is 10.9. The number of carbonyl (C=O) groups excluding carboxylic acids is 1. The number of rotatable bonds is 11. The van der Waals surface area contributed by atoms with Crippen LogP contribution < -0.4 is 19.2 Å². The van der Waals surface area contributed by atoms with Crippen LogP contribution in [0.15, 0.2) is 87.3 Å². The highest BCUT2D eigenvalue weighted by atomic mass is 79.9. The maximum atomic E-state index is 13.3. The van der Waals surface area contributed by atoms with Gasteiger partial charge in [0.05, 0.1) is 30.0 Å². The van der Waals surface area contributed by atoms with Crippen molar-refractivity contribution < 1.29 is 22.7 Å². The number of halogens is 1. The number of ether oxygens (including phenoxy) is 2. The number of hydrogen-bond acceptors (Lipinski definition) is 6. The van der Waals surface area contributed by atoms with E-state index in [-0.39, 0.29) is 4.90 Å². The summed E-state index contributed by atoms with van der Waals surface area (Å²) in [6, 6.07) is 19.9. The van der Waals surface area contributed by atoms with E-state index in [4.69, 9.17) is 9.47 Å². The van der Waals surface area contributed by atoms with Crippen molar-refractivity contribution >= 4 is 43.8 Å². The molecule has 35 heavy (non-hydrogen) atoms. The molecule has 10 heteroatoms. The molecule has 0 fully saturated rings. The van der Waals surface area contributed by atoms with Crippen molar-refractivity contribution in [3.63, 3.8) is 0 Å². The van der Waals surface area contributed by atoms with Crippen LogP contribution in [0.4, 0.5) is 5.69 Å². The van der Waals surface area contributed by atoms with Crippen molar-refractivity contribution in [2.45, 2.75) is 18.7 Å². The predicted octanol–water partition coefficient (Wildman–Crippen LogP) is 4.59. The maximum absolute atomic E-state index is 13.3. The van der Waals surface area contributed by atoms with Gasteiger partial charge in [0, 0.05) is 4.47 Å². The predicted molar refractivity (Wildman–Crippen MR) is 140 cm³/mol. The Morgan fingerprint density at radius 3 is 2.29 bits per heavy atom. The number of hydrazone groups is 1. The molecule has 0 atom stereocenters. The summed E-state index contributed by atoms with van der Waals surface area (Å²) in [4.78, 5) is 12.8. The number of amides is 1. The lowest BCUT2D eigenvalue weighted by atomic mass is 10.2. The number of nitrogens with one attached hydrogen (secondary N) is 1. The molecule has 3 aromatic rings. The molecule has 0 unspecified atom stereocenters. The fourth-order valence-corrected chi connectivity index (χ4v) is 4.84. The Labute approximate surface area is 213 Å². The molecule has 3 aromatic carbocycles. The van der Waals surface area contributed by atoms with Crippen LogP contribution in [0.25, 0.3) is 0 Å². The van der Waals surface area contributed by atoms with Crippen molar-refractivity contribution in [2.75, 3.05) is 24.1 Å². The van der Waals surface area contributed by atoms with E-state index >= 15 is 0 Å². The molecule has 0 saturated heterocycles.